The highest BCUT2D eigenvalue weighted by Crippen LogP contribution is 2.27. The Hall–Kier alpha value is -4.95. The zero-order valence-corrected chi connectivity index (χ0v) is 24.8. The minimum absolute atomic E-state index is 0.0747. The molecule has 2 atom stereocenters. The molecule has 0 bridgehead atoms. The molecule has 0 aliphatic rings. The van der Waals surface area contributed by atoms with Crippen molar-refractivity contribution in [2.75, 3.05) is 11.9 Å². The van der Waals surface area contributed by atoms with Crippen LogP contribution in [0.5, 0.6) is 0 Å². The van der Waals surface area contributed by atoms with Gasteiger partial charge in [0.2, 0.25) is 5.25 Å². The van der Waals surface area contributed by atoms with E-state index in [1.807, 2.05) is 0 Å². The van der Waals surface area contributed by atoms with Gasteiger partial charge in [-0.1, -0.05) is 72.8 Å². The van der Waals surface area contributed by atoms with Crippen molar-refractivity contribution in [1.82, 2.24) is 5.32 Å². The van der Waals surface area contributed by atoms with Crippen molar-refractivity contribution >= 4 is 39.9 Å². The van der Waals surface area contributed by atoms with Crippen molar-refractivity contribution in [2.45, 2.75) is 43.8 Å². The van der Waals surface area contributed by atoms with Gasteiger partial charge in [-0.05, 0) is 49.6 Å². The van der Waals surface area contributed by atoms with E-state index in [1.165, 1.54) is 12.1 Å². The fourth-order valence-electron chi connectivity index (χ4n) is 3.90. The molecular weight excluding hydrogens is 596 g/mol. The molecule has 0 saturated heterocycles. The molecule has 1 unspecified atom stereocenters. The first-order chi connectivity index (χ1) is 20.6. The van der Waals surface area contributed by atoms with Crippen LogP contribution in [0.1, 0.15) is 48.8 Å². The van der Waals surface area contributed by atoms with Crippen LogP contribution in [-0.2, 0) is 33.9 Å². The van der Waals surface area contributed by atoms with Crippen molar-refractivity contribution in [2.24, 2.45) is 0 Å². The Balaban J connectivity index is 1.75. The average Bonchev–Trinajstić information content (AvgIpc) is 2.94. The molecule has 4 N–H and O–H groups in total. The molecule has 0 radical (unpaired) electrons. The van der Waals surface area contributed by atoms with Gasteiger partial charge in [0.1, 0.15) is 12.2 Å². The van der Waals surface area contributed by atoms with Gasteiger partial charge >= 0.3 is 24.1 Å². The minimum atomic E-state index is -4.95. The third kappa shape index (κ3) is 10.1. The molecule has 2 amide bonds. The van der Waals surface area contributed by atoms with Gasteiger partial charge in [-0.25, -0.2) is 14.4 Å². The van der Waals surface area contributed by atoms with Crippen molar-refractivity contribution < 1.29 is 51.5 Å². The topological polar surface area (TPSA) is 195 Å². The number of ether oxygens (including phenoxy) is 3. The van der Waals surface area contributed by atoms with Crippen LogP contribution in [0, 0.1) is 0 Å². The summed E-state index contributed by atoms with van der Waals surface area (Å²) in [5.74, 6) is -2.71. The zero-order chi connectivity index (χ0) is 32.5. The van der Waals surface area contributed by atoms with Crippen molar-refractivity contribution in [3.05, 3.63) is 102 Å². The first-order valence-corrected chi connectivity index (χ1v) is 14.7. The molecule has 0 aromatic heterocycles. The van der Waals surface area contributed by atoms with Gasteiger partial charge in [-0.2, -0.15) is 8.42 Å². The van der Waals surface area contributed by atoms with E-state index in [-0.39, 0.29) is 11.3 Å². The van der Waals surface area contributed by atoms with Crippen LogP contribution >= 0.6 is 0 Å². The van der Waals surface area contributed by atoms with Crippen LogP contribution in [0.3, 0.4) is 0 Å². The summed E-state index contributed by atoms with van der Waals surface area (Å²) in [4.78, 5) is 49.8. The summed E-state index contributed by atoms with van der Waals surface area (Å²) >= 11 is 0. The van der Waals surface area contributed by atoms with Gasteiger partial charge in [0.25, 0.3) is 10.1 Å². The van der Waals surface area contributed by atoms with E-state index in [9.17, 15) is 32.1 Å². The van der Waals surface area contributed by atoms with Crippen LogP contribution < -0.4 is 10.6 Å². The second kappa shape index (κ2) is 14.5. The molecule has 3 rings (SSSR count). The van der Waals surface area contributed by atoms with Crippen molar-refractivity contribution in [1.29, 1.82) is 0 Å². The number of carbonyl (C=O) groups is 4. The highest BCUT2D eigenvalue weighted by atomic mass is 32.2. The molecule has 14 heteroatoms. The molecule has 0 saturated carbocycles. The number of carboxylic acid groups (broad SMARTS) is 1. The Labute approximate surface area is 253 Å². The number of rotatable bonds is 11. The van der Waals surface area contributed by atoms with Gasteiger partial charge in [-0.15, -0.1) is 0 Å². The number of hydrogen-bond donors (Lipinski definition) is 4. The number of alkyl carbamates (subject to hydrolysis) is 1. The number of aliphatic carboxylic acids is 1. The standard InChI is InChI=1S/C30H32N2O11S/c1-30(2,3)43-29(37)32-23(27(35)42-24(19-10-6-4-7-11-19)20-12-8-5-9-13-20)18-41-28(36)31-22-16-14-21(15-17-22)25(26(33)34)44(38,39)40/h4-17,23-25H,18H2,1-3H3,(H,31,36)(H,32,37)(H,33,34)(H,38,39,40)/t23?,25-/m1/s1. The summed E-state index contributed by atoms with van der Waals surface area (Å²) < 4.78 is 48.3. The van der Waals surface area contributed by atoms with E-state index in [4.69, 9.17) is 19.3 Å². The van der Waals surface area contributed by atoms with Crippen molar-refractivity contribution in [3.63, 3.8) is 0 Å². The van der Waals surface area contributed by atoms with Crippen LogP contribution in [-0.4, -0.2) is 60.5 Å². The molecule has 0 aliphatic carbocycles. The number of esters is 1. The number of anilines is 1. The average molecular weight is 629 g/mol. The molecule has 3 aromatic rings. The maximum absolute atomic E-state index is 13.4. The predicted molar refractivity (Wildman–Crippen MR) is 157 cm³/mol. The number of hydrogen-bond acceptors (Lipinski definition) is 9. The van der Waals surface area contributed by atoms with Gasteiger partial charge in [0.05, 0.1) is 0 Å². The summed E-state index contributed by atoms with van der Waals surface area (Å²) in [6.45, 7) is 4.22. The van der Waals surface area contributed by atoms with Gasteiger partial charge in [-0.3, -0.25) is 14.7 Å². The van der Waals surface area contributed by atoms with Crippen LogP contribution in [0.4, 0.5) is 15.3 Å². The Morgan fingerprint density at radius 2 is 1.32 bits per heavy atom. The number of carboxylic acids is 1. The van der Waals surface area contributed by atoms with Gasteiger partial charge < -0.3 is 24.6 Å². The summed E-state index contributed by atoms with van der Waals surface area (Å²) in [5, 5.41) is 11.6. The fourth-order valence-corrected chi connectivity index (χ4v) is 4.65. The van der Waals surface area contributed by atoms with Crippen LogP contribution in [0.15, 0.2) is 84.9 Å². The third-order valence-electron chi connectivity index (χ3n) is 5.78. The maximum Gasteiger partial charge on any atom is 0.411 e. The summed E-state index contributed by atoms with van der Waals surface area (Å²) in [6.07, 6.45) is -2.87. The smallest absolute Gasteiger partial charge is 0.411 e. The van der Waals surface area contributed by atoms with E-state index in [0.717, 1.165) is 12.1 Å². The fraction of sp³-hybridized carbons (Fsp3) is 0.267. The second-order valence-electron chi connectivity index (χ2n) is 10.4. The van der Waals surface area contributed by atoms with Gasteiger partial charge in [0, 0.05) is 5.69 Å². The Morgan fingerprint density at radius 1 is 0.795 bits per heavy atom. The number of benzene rings is 3. The summed E-state index contributed by atoms with van der Waals surface area (Å²) in [7, 11) is -4.95. The molecular formula is C30H32N2O11S. The Kier molecular flexibility index (Phi) is 11.0. The third-order valence-corrected chi connectivity index (χ3v) is 6.85. The SMILES string of the molecule is CC(C)(C)OC(=O)NC(COC(=O)Nc1ccc([C@H](C(=O)O)S(=O)(=O)O)cc1)C(=O)OC(c1ccccc1)c1ccccc1. The number of carbonyl (C=O) groups excluding carboxylic acids is 3. The lowest BCUT2D eigenvalue weighted by molar-refractivity contribution is -0.151. The van der Waals surface area contributed by atoms with E-state index >= 15 is 0 Å². The van der Waals surface area contributed by atoms with Crippen LogP contribution in [0.2, 0.25) is 0 Å². The number of nitrogens with one attached hydrogen (secondary N) is 2. The lowest BCUT2D eigenvalue weighted by Gasteiger charge is -2.25. The van der Waals surface area contributed by atoms with Crippen LogP contribution in [0.25, 0.3) is 0 Å². The number of amides is 2. The molecule has 234 valence electrons. The van der Waals surface area contributed by atoms with Gasteiger partial charge in [0.15, 0.2) is 12.1 Å². The first kappa shape index (κ1) is 33.6. The quantitative estimate of drug-likeness (QED) is 0.133. The predicted octanol–water partition coefficient (Wildman–Crippen LogP) is 4.47. The minimum Gasteiger partial charge on any atom is -0.480 e. The molecule has 44 heavy (non-hydrogen) atoms. The van der Waals surface area contributed by atoms with E-state index in [2.05, 4.69) is 10.6 Å². The van der Waals surface area contributed by atoms with E-state index in [0.29, 0.717) is 11.1 Å². The van der Waals surface area contributed by atoms with E-state index in [1.54, 1.807) is 81.4 Å². The molecule has 0 aliphatic heterocycles. The zero-order valence-electron chi connectivity index (χ0n) is 24.0. The summed E-state index contributed by atoms with van der Waals surface area (Å²) in [6, 6.07) is 20.9. The highest BCUT2D eigenvalue weighted by molar-refractivity contribution is 7.86. The lowest BCUT2D eigenvalue weighted by Crippen LogP contribution is -2.47. The Bertz CT molecular complexity index is 1520. The molecule has 13 nitrogen and oxygen atoms in total. The van der Waals surface area contributed by atoms with E-state index < -0.39 is 63.8 Å². The lowest BCUT2D eigenvalue weighted by atomic mass is 10.0. The molecule has 3 aromatic carbocycles. The largest absolute Gasteiger partial charge is 0.480 e. The molecule has 0 spiro atoms. The second-order valence-corrected chi connectivity index (χ2v) is 11.9. The monoisotopic (exact) mass is 628 g/mol. The highest BCUT2D eigenvalue weighted by Gasteiger charge is 2.33. The molecule has 0 fully saturated rings. The summed E-state index contributed by atoms with van der Waals surface area (Å²) in [5.41, 5.74) is 0.239. The normalized spacial score (nSPS) is 12.8. The maximum atomic E-state index is 13.4. The Morgan fingerprint density at radius 3 is 1.77 bits per heavy atom. The first-order valence-electron chi connectivity index (χ1n) is 13.2. The van der Waals surface area contributed by atoms with Crippen molar-refractivity contribution in [3.8, 4) is 0 Å². The molecule has 0 heterocycles.